The van der Waals surface area contributed by atoms with E-state index < -0.39 is 41.1 Å². The SMILES string of the molecule is CCCCN1CC=C[C@]23O[C@]4(CC)C=CCCOC(=O)[C@@H]4[C@H]2C(=O)N([C@H](C)CO)C3C1=O. The Morgan fingerprint density at radius 3 is 2.62 bits per heavy atom. The molecule has 0 aliphatic carbocycles. The van der Waals surface area contributed by atoms with Crippen LogP contribution < -0.4 is 0 Å². The van der Waals surface area contributed by atoms with Crippen molar-refractivity contribution in [2.24, 2.45) is 11.8 Å². The predicted molar refractivity (Wildman–Crippen MR) is 116 cm³/mol. The summed E-state index contributed by atoms with van der Waals surface area (Å²) in [6, 6.07) is -1.52. The van der Waals surface area contributed by atoms with E-state index in [1.807, 2.05) is 31.2 Å². The second kappa shape index (κ2) is 8.63. The molecule has 2 amide bonds. The molecule has 1 N–H and O–H groups in total. The van der Waals surface area contributed by atoms with Crippen molar-refractivity contribution in [3.05, 3.63) is 24.3 Å². The van der Waals surface area contributed by atoms with Crippen molar-refractivity contribution in [1.82, 2.24) is 9.80 Å². The van der Waals surface area contributed by atoms with E-state index in [0.717, 1.165) is 12.8 Å². The van der Waals surface area contributed by atoms with Gasteiger partial charge in [-0.15, -0.1) is 0 Å². The van der Waals surface area contributed by atoms with Gasteiger partial charge in [-0.25, -0.2) is 0 Å². The number of carbonyl (C=O) groups excluding carboxylic acids is 3. The molecule has 2 saturated heterocycles. The molecular weight excluding hydrogens is 412 g/mol. The molecule has 8 heteroatoms. The summed E-state index contributed by atoms with van der Waals surface area (Å²) < 4.78 is 12.3. The van der Waals surface area contributed by atoms with Crippen LogP contribution in [0.3, 0.4) is 0 Å². The van der Waals surface area contributed by atoms with E-state index in [2.05, 4.69) is 6.92 Å². The molecule has 4 rings (SSSR count). The zero-order chi connectivity index (χ0) is 23.1. The normalized spacial score (nSPS) is 37.4. The van der Waals surface area contributed by atoms with E-state index in [9.17, 15) is 19.5 Å². The van der Waals surface area contributed by atoms with Gasteiger partial charge in [0.2, 0.25) is 11.8 Å². The van der Waals surface area contributed by atoms with E-state index in [1.165, 1.54) is 4.90 Å². The molecule has 0 aromatic rings. The average molecular weight is 447 g/mol. The third-order valence-electron chi connectivity index (χ3n) is 7.44. The summed E-state index contributed by atoms with van der Waals surface area (Å²) in [5.41, 5.74) is -2.30. The van der Waals surface area contributed by atoms with Crippen molar-refractivity contribution in [3.8, 4) is 0 Å². The monoisotopic (exact) mass is 446 g/mol. The van der Waals surface area contributed by atoms with E-state index >= 15 is 0 Å². The Kier molecular flexibility index (Phi) is 6.20. The van der Waals surface area contributed by atoms with Gasteiger partial charge in [-0.05, 0) is 26.2 Å². The molecule has 176 valence electrons. The van der Waals surface area contributed by atoms with E-state index in [4.69, 9.17) is 9.47 Å². The third kappa shape index (κ3) is 3.22. The number of likely N-dealkylation sites (tertiary alicyclic amines) is 1. The van der Waals surface area contributed by atoms with Crippen LogP contribution in [-0.2, 0) is 23.9 Å². The highest BCUT2D eigenvalue weighted by atomic mass is 16.6. The Balaban J connectivity index is 1.88. The lowest BCUT2D eigenvalue weighted by Crippen LogP contribution is -2.58. The first-order valence-corrected chi connectivity index (χ1v) is 11.8. The Labute approximate surface area is 189 Å². The molecular formula is C24H34N2O6. The molecule has 32 heavy (non-hydrogen) atoms. The topological polar surface area (TPSA) is 96.4 Å². The highest BCUT2D eigenvalue weighted by Gasteiger charge is 2.75. The molecule has 2 fully saturated rings. The smallest absolute Gasteiger partial charge is 0.313 e. The summed E-state index contributed by atoms with van der Waals surface area (Å²) >= 11 is 0. The summed E-state index contributed by atoms with van der Waals surface area (Å²) in [6.07, 6.45) is 10.4. The van der Waals surface area contributed by atoms with Crippen LogP contribution in [0.5, 0.6) is 0 Å². The Morgan fingerprint density at radius 1 is 1.16 bits per heavy atom. The molecule has 1 spiro atoms. The second-order valence-electron chi connectivity index (χ2n) is 9.30. The number of hydrogen-bond donors (Lipinski definition) is 1. The first kappa shape index (κ1) is 23.0. The minimum Gasteiger partial charge on any atom is -0.465 e. The molecule has 0 saturated carbocycles. The Hall–Kier alpha value is -2.19. The lowest BCUT2D eigenvalue weighted by Gasteiger charge is -2.40. The number of aliphatic hydroxyl groups is 1. The fourth-order valence-corrected chi connectivity index (χ4v) is 5.83. The van der Waals surface area contributed by atoms with Crippen molar-refractivity contribution in [2.45, 2.75) is 69.7 Å². The molecule has 6 atom stereocenters. The van der Waals surface area contributed by atoms with Gasteiger partial charge in [0, 0.05) is 13.1 Å². The number of amides is 2. The fraction of sp³-hybridized carbons (Fsp3) is 0.708. The maximum Gasteiger partial charge on any atom is 0.313 e. The van der Waals surface area contributed by atoms with Crippen LogP contribution in [0.4, 0.5) is 0 Å². The van der Waals surface area contributed by atoms with Crippen molar-refractivity contribution >= 4 is 17.8 Å². The van der Waals surface area contributed by atoms with Crippen LogP contribution >= 0.6 is 0 Å². The number of fused-ring (bicyclic) bond motifs is 2. The van der Waals surface area contributed by atoms with Gasteiger partial charge in [-0.3, -0.25) is 14.4 Å². The fourth-order valence-electron chi connectivity index (χ4n) is 5.83. The second-order valence-corrected chi connectivity index (χ2v) is 9.30. The van der Waals surface area contributed by atoms with Gasteiger partial charge in [-0.2, -0.15) is 0 Å². The minimum absolute atomic E-state index is 0.197. The number of esters is 1. The van der Waals surface area contributed by atoms with Gasteiger partial charge in [0.15, 0.2) is 0 Å². The summed E-state index contributed by atoms with van der Waals surface area (Å²) in [4.78, 5) is 44.2. The average Bonchev–Trinajstić information content (AvgIpc) is 3.14. The molecule has 1 unspecified atom stereocenters. The van der Waals surface area contributed by atoms with Crippen LogP contribution in [0.15, 0.2) is 24.3 Å². The molecule has 4 heterocycles. The third-order valence-corrected chi connectivity index (χ3v) is 7.44. The quantitative estimate of drug-likeness (QED) is 0.490. The molecule has 0 aromatic carbocycles. The number of aliphatic hydroxyl groups excluding tert-OH is 1. The zero-order valence-corrected chi connectivity index (χ0v) is 19.2. The van der Waals surface area contributed by atoms with Crippen LogP contribution in [0.25, 0.3) is 0 Å². The number of hydrogen-bond acceptors (Lipinski definition) is 6. The predicted octanol–water partition coefficient (Wildman–Crippen LogP) is 1.43. The van der Waals surface area contributed by atoms with Crippen LogP contribution in [0.1, 0.15) is 46.5 Å². The highest BCUT2D eigenvalue weighted by molar-refractivity contribution is 5.99. The number of unbranched alkanes of at least 4 members (excludes halogenated alkanes) is 1. The Morgan fingerprint density at radius 2 is 1.94 bits per heavy atom. The van der Waals surface area contributed by atoms with Crippen molar-refractivity contribution in [1.29, 1.82) is 0 Å². The molecule has 0 aromatic heterocycles. The number of carbonyl (C=O) groups is 3. The summed E-state index contributed by atoms with van der Waals surface area (Å²) in [5.74, 6) is -2.73. The number of ether oxygens (including phenoxy) is 2. The minimum atomic E-state index is -1.28. The maximum atomic E-state index is 13.9. The lowest BCUT2D eigenvalue weighted by molar-refractivity contribution is -0.163. The van der Waals surface area contributed by atoms with Crippen LogP contribution in [0, 0.1) is 11.8 Å². The van der Waals surface area contributed by atoms with E-state index in [1.54, 1.807) is 11.8 Å². The van der Waals surface area contributed by atoms with Gasteiger partial charge in [0.1, 0.15) is 23.2 Å². The van der Waals surface area contributed by atoms with Gasteiger partial charge in [0.25, 0.3) is 0 Å². The van der Waals surface area contributed by atoms with Crippen LogP contribution in [-0.4, -0.2) is 82.3 Å². The summed E-state index contributed by atoms with van der Waals surface area (Å²) in [6.45, 7) is 6.67. The highest BCUT2D eigenvalue weighted by Crippen LogP contribution is 2.58. The van der Waals surface area contributed by atoms with Gasteiger partial charge < -0.3 is 24.4 Å². The molecule has 8 nitrogen and oxygen atoms in total. The van der Waals surface area contributed by atoms with Crippen molar-refractivity contribution in [2.75, 3.05) is 26.3 Å². The van der Waals surface area contributed by atoms with Gasteiger partial charge in [0.05, 0.1) is 25.2 Å². The van der Waals surface area contributed by atoms with E-state index in [0.29, 0.717) is 25.9 Å². The van der Waals surface area contributed by atoms with Gasteiger partial charge >= 0.3 is 5.97 Å². The van der Waals surface area contributed by atoms with Crippen LogP contribution in [0.2, 0.25) is 0 Å². The number of nitrogens with zero attached hydrogens (tertiary/aromatic N) is 2. The molecule has 4 aliphatic heterocycles. The van der Waals surface area contributed by atoms with Gasteiger partial charge in [-0.1, -0.05) is 44.6 Å². The standard InChI is InChI=1S/C24H34N2O6/c1-4-6-12-25-13-9-11-24-17(20(28)26(16(3)15-27)19(24)21(25)29)18-22(30)31-14-8-7-10-23(18,5-2)32-24/h7,9-11,16-19,27H,4-6,8,12-15H2,1-3H3/t16-,17+,18+,19?,23-,24+/m1/s1. The molecule has 4 aliphatic rings. The van der Waals surface area contributed by atoms with Crippen molar-refractivity contribution < 1.29 is 29.0 Å². The maximum absolute atomic E-state index is 13.9. The summed E-state index contributed by atoms with van der Waals surface area (Å²) in [7, 11) is 0. The first-order chi connectivity index (χ1) is 15.4. The zero-order valence-electron chi connectivity index (χ0n) is 19.2. The Bertz CT molecular complexity index is 840. The molecule has 0 bridgehead atoms. The lowest BCUT2D eigenvalue weighted by atomic mass is 9.73. The van der Waals surface area contributed by atoms with E-state index in [-0.39, 0.29) is 25.0 Å². The number of cyclic esters (lactones) is 1. The largest absolute Gasteiger partial charge is 0.465 e. The van der Waals surface area contributed by atoms with Crippen molar-refractivity contribution in [3.63, 3.8) is 0 Å². The molecule has 0 radical (unpaired) electrons. The first-order valence-electron chi connectivity index (χ1n) is 11.8. The summed E-state index contributed by atoms with van der Waals surface area (Å²) in [5, 5.41) is 9.91. The number of rotatable bonds is 6.